The van der Waals surface area contributed by atoms with Gasteiger partial charge < -0.3 is 9.57 Å². The number of hydrogen-bond acceptors (Lipinski definition) is 5. The van der Waals surface area contributed by atoms with Gasteiger partial charge in [0.25, 0.3) is 0 Å². The first-order chi connectivity index (χ1) is 10.8. The maximum atomic E-state index is 12.9. The van der Waals surface area contributed by atoms with Gasteiger partial charge in [0.1, 0.15) is 23.3 Å². The van der Waals surface area contributed by atoms with E-state index in [0.29, 0.717) is 16.3 Å². The summed E-state index contributed by atoms with van der Waals surface area (Å²) in [5.41, 5.74) is 0.367. The minimum atomic E-state index is -0.698. The van der Waals surface area contributed by atoms with Crippen molar-refractivity contribution in [2.24, 2.45) is 11.1 Å². The summed E-state index contributed by atoms with van der Waals surface area (Å²) in [6.45, 7) is 5.46. The van der Waals surface area contributed by atoms with Gasteiger partial charge in [-0.3, -0.25) is 4.79 Å². The lowest BCUT2D eigenvalue weighted by Crippen LogP contribution is -2.43. The van der Waals surface area contributed by atoms with Gasteiger partial charge in [-0.05, 0) is 26.8 Å². The Labute approximate surface area is 139 Å². The number of rotatable bonds is 2. The molecule has 0 aromatic heterocycles. The highest BCUT2D eigenvalue weighted by atomic mass is 35.5. The van der Waals surface area contributed by atoms with Crippen LogP contribution in [-0.4, -0.2) is 40.9 Å². The van der Waals surface area contributed by atoms with E-state index < -0.39 is 23.7 Å². The molecule has 122 valence electrons. The van der Waals surface area contributed by atoms with Crippen LogP contribution in [0.1, 0.15) is 26.3 Å². The third-order valence-electron chi connectivity index (χ3n) is 3.89. The van der Waals surface area contributed by atoms with Crippen molar-refractivity contribution in [2.45, 2.75) is 32.5 Å². The highest BCUT2D eigenvalue weighted by molar-refractivity contribution is 6.35. The number of carbonyl (C=O) groups is 2. The lowest BCUT2D eigenvalue weighted by Gasteiger charge is -2.20. The fourth-order valence-electron chi connectivity index (χ4n) is 2.79. The number of amides is 2. The minimum Gasteiger partial charge on any atom is -0.441 e. The monoisotopic (exact) mass is 336 g/mol. The Morgan fingerprint density at radius 2 is 2.09 bits per heavy atom. The molecule has 1 saturated heterocycles. The van der Waals surface area contributed by atoms with E-state index in [1.165, 1.54) is 0 Å². The summed E-state index contributed by atoms with van der Waals surface area (Å²) in [5.74, 6) is -1.08. The second-order valence-electron chi connectivity index (χ2n) is 6.30. The molecule has 0 unspecified atom stereocenters. The first-order valence-electron chi connectivity index (χ1n) is 7.33. The first kappa shape index (κ1) is 15.8. The normalized spacial score (nSPS) is 25.8. The standard InChI is InChI=1S/C16H17ClN2O4/c1-9-12(14(20)19-8-16(2,3)22-15(19)21)13(18-23-9)10-6-4-5-7-11(10)17/h4-7,9,12H,8H2,1-3H3/t9-,12-/m0/s1. The van der Waals surface area contributed by atoms with Crippen LogP contribution >= 0.6 is 11.6 Å². The zero-order valence-electron chi connectivity index (χ0n) is 13.1. The topological polar surface area (TPSA) is 68.2 Å². The van der Waals surface area contributed by atoms with Crippen LogP contribution in [0.15, 0.2) is 29.4 Å². The first-order valence-corrected chi connectivity index (χ1v) is 7.71. The molecule has 0 radical (unpaired) electrons. The number of ether oxygens (including phenoxy) is 1. The van der Waals surface area contributed by atoms with Crippen molar-refractivity contribution >= 4 is 29.3 Å². The maximum Gasteiger partial charge on any atom is 0.417 e. The smallest absolute Gasteiger partial charge is 0.417 e. The largest absolute Gasteiger partial charge is 0.441 e. The molecule has 23 heavy (non-hydrogen) atoms. The quantitative estimate of drug-likeness (QED) is 0.832. The van der Waals surface area contributed by atoms with Crippen LogP contribution in [0.25, 0.3) is 0 Å². The zero-order chi connectivity index (χ0) is 16.8. The number of hydrogen-bond donors (Lipinski definition) is 0. The molecule has 1 aromatic carbocycles. The van der Waals surface area contributed by atoms with Crippen molar-refractivity contribution in [3.05, 3.63) is 34.9 Å². The second-order valence-corrected chi connectivity index (χ2v) is 6.70. The zero-order valence-corrected chi connectivity index (χ0v) is 13.8. The van der Waals surface area contributed by atoms with E-state index in [1.807, 2.05) is 6.07 Å². The third-order valence-corrected chi connectivity index (χ3v) is 4.22. The van der Waals surface area contributed by atoms with Crippen LogP contribution in [0.3, 0.4) is 0 Å². The van der Waals surface area contributed by atoms with Gasteiger partial charge in [0.2, 0.25) is 5.91 Å². The Morgan fingerprint density at radius 3 is 2.70 bits per heavy atom. The van der Waals surface area contributed by atoms with Gasteiger partial charge in [0, 0.05) is 10.6 Å². The van der Waals surface area contributed by atoms with Crippen LogP contribution in [0.4, 0.5) is 4.79 Å². The van der Waals surface area contributed by atoms with Crippen molar-refractivity contribution in [2.75, 3.05) is 6.54 Å². The molecular formula is C16H17ClN2O4. The second kappa shape index (κ2) is 5.53. The number of halogens is 1. The predicted molar refractivity (Wildman–Crippen MR) is 84.3 cm³/mol. The van der Waals surface area contributed by atoms with Gasteiger partial charge in [-0.2, -0.15) is 0 Å². The SMILES string of the molecule is C[C@@H]1ON=C(c2ccccc2Cl)[C@H]1C(=O)N1CC(C)(C)OC1=O. The Morgan fingerprint density at radius 1 is 1.39 bits per heavy atom. The van der Waals surface area contributed by atoms with Gasteiger partial charge in [-0.1, -0.05) is 35.0 Å². The van der Waals surface area contributed by atoms with E-state index in [4.69, 9.17) is 21.2 Å². The van der Waals surface area contributed by atoms with Crippen molar-refractivity contribution in [1.29, 1.82) is 0 Å². The third kappa shape index (κ3) is 2.79. The van der Waals surface area contributed by atoms with E-state index in [9.17, 15) is 9.59 Å². The minimum absolute atomic E-state index is 0.198. The summed E-state index contributed by atoms with van der Waals surface area (Å²) in [6, 6.07) is 7.09. The molecule has 0 spiro atoms. The van der Waals surface area contributed by atoms with Crippen LogP contribution in [-0.2, 0) is 14.4 Å². The maximum absolute atomic E-state index is 12.9. The van der Waals surface area contributed by atoms with Crippen LogP contribution < -0.4 is 0 Å². The lowest BCUT2D eigenvalue weighted by atomic mass is 9.91. The van der Waals surface area contributed by atoms with Crippen molar-refractivity contribution in [3.8, 4) is 0 Å². The molecule has 6 nitrogen and oxygen atoms in total. The Balaban J connectivity index is 1.92. The molecule has 1 fully saturated rings. The van der Waals surface area contributed by atoms with Gasteiger partial charge >= 0.3 is 6.09 Å². The molecule has 0 N–H and O–H groups in total. The molecule has 2 atom stereocenters. The molecule has 2 heterocycles. The summed E-state index contributed by atoms with van der Waals surface area (Å²) >= 11 is 6.20. The van der Waals surface area contributed by atoms with Crippen molar-refractivity contribution in [1.82, 2.24) is 4.90 Å². The molecule has 3 rings (SSSR count). The summed E-state index contributed by atoms with van der Waals surface area (Å²) < 4.78 is 5.20. The average Bonchev–Trinajstić information content (AvgIpc) is 2.98. The van der Waals surface area contributed by atoms with Gasteiger partial charge in [0.15, 0.2) is 0 Å². The van der Waals surface area contributed by atoms with E-state index >= 15 is 0 Å². The fourth-order valence-corrected chi connectivity index (χ4v) is 3.02. The fraction of sp³-hybridized carbons (Fsp3) is 0.438. The summed E-state index contributed by atoms with van der Waals surface area (Å²) in [4.78, 5) is 31.3. The number of cyclic esters (lactones) is 1. The summed E-state index contributed by atoms with van der Waals surface area (Å²) in [5, 5.41) is 4.49. The Hall–Kier alpha value is -2.08. The number of benzene rings is 1. The molecule has 0 aliphatic carbocycles. The van der Waals surface area contributed by atoms with E-state index in [0.717, 1.165) is 4.90 Å². The number of oxime groups is 1. The van der Waals surface area contributed by atoms with Crippen molar-refractivity contribution < 1.29 is 19.2 Å². The highest BCUT2D eigenvalue weighted by Crippen LogP contribution is 2.31. The Bertz CT molecular complexity index is 701. The molecule has 2 amide bonds. The summed E-state index contributed by atoms with van der Waals surface area (Å²) in [6.07, 6.45) is -1.12. The molecule has 2 aliphatic heterocycles. The van der Waals surface area contributed by atoms with E-state index in [2.05, 4.69) is 5.16 Å². The molecular weight excluding hydrogens is 320 g/mol. The van der Waals surface area contributed by atoms with Gasteiger partial charge in [-0.25, -0.2) is 9.69 Å². The number of nitrogens with zero attached hydrogens (tertiary/aromatic N) is 2. The molecule has 7 heteroatoms. The molecule has 0 bridgehead atoms. The van der Waals surface area contributed by atoms with Crippen LogP contribution in [0, 0.1) is 5.92 Å². The van der Waals surface area contributed by atoms with Crippen LogP contribution in [0.5, 0.6) is 0 Å². The molecule has 1 aromatic rings. The predicted octanol–water partition coefficient (Wildman–Crippen LogP) is 2.84. The highest BCUT2D eigenvalue weighted by Gasteiger charge is 2.48. The van der Waals surface area contributed by atoms with E-state index in [1.54, 1.807) is 39.0 Å². The van der Waals surface area contributed by atoms with Gasteiger partial charge in [-0.15, -0.1) is 0 Å². The van der Waals surface area contributed by atoms with Crippen LogP contribution in [0.2, 0.25) is 5.02 Å². The lowest BCUT2D eigenvalue weighted by molar-refractivity contribution is -0.132. The van der Waals surface area contributed by atoms with Gasteiger partial charge in [0.05, 0.1) is 6.54 Å². The Kier molecular flexibility index (Phi) is 3.80. The van der Waals surface area contributed by atoms with Crippen molar-refractivity contribution in [3.63, 3.8) is 0 Å². The van der Waals surface area contributed by atoms with E-state index in [-0.39, 0.29) is 12.5 Å². The average molecular weight is 337 g/mol. The molecule has 2 aliphatic rings. The number of carbonyl (C=O) groups excluding carboxylic acids is 2. The molecule has 0 saturated carbocycles. The number of imide groups is 1. The summed E-state index contributed by atoms with van der Waals surface area (Å²) in [7, 11) is 0.